The monoisotopic (exact) mass is 475 g/mol. The van der Waals surface area contributed by atoms with Crippen LogP contribution in [0.3, 0.4) is 0 Å². The van der Waals surface area contributed by atoms with Gasteiger partial charge in [-0.3, -0.25) is 13.9 Å². The predicted molar refractivity (Wildman–Crippen MR) is 135 cm³/mol. The molecule has 2 aromatic heterocycles. The van der Waals surface area contributed by atoms with Crippen molar-refractivity contribution in [3.63, 3.8) is 0 Å². The van der Waals surface area contributed by atoms with E-state index in [2.05, 4.69) is 6.92 Å². The van der Waals surface area contributed by atoms with Crippen molar-refractivity contribution >= 4 is 22.8 Å². The van der Waals surface area contributed by atoms with Crippen LogP contribution in [0.2, 0.25) is 0 Å². The maximum absolute atomic E-state index is 13.7. The van der Waals surface area contributed by atoms with Gasteiger partial charge in [0.2, 0.25) is 5.95 Å². The molecule has 1 atom stereocenters. The molecule has 0 fully saturated rings. The molecular weight excluding hydrogens is 446 g/mol. The summed E-state index contributed by atoms with van der Waals surface area (Å²) in [7, 11) is 4.89. The molecule has 182 valence electrons. The Morgan fingerprint density at radius 3 is 2.57 bits per heavy atom. The number of nitrogens with zero attached hydrogens (tertiary/aromatic N) is 5. The normalized spacial score (nSPS) is 15.3. The van der Waals surface area contributed by atoms with Gasteiger partial charge in [-0.15, -0.1) is 0 Å². The van der Waals surface area contributed by atoms with Gasteiger partial charge in [-0.2, -0.15) is 4.98 Å². The van der Waals surface area contributed by atoms with Crippen LogP contribution in [0, 0.1) is 12.8 Å². The molecule has 0 N–H and O–H groups in total. The Hall–Kier alpha value is -4.01. The van der Waals surface area contributed by atoms with E-state index in [1.165, 1.54) is 9.13 Å². The number of rotatable bonds is 5. The molecule has 1 unspecified atom stereocenters. The molecule has 5 rings (SSSR count). The van der Waals surface area contributed by atoms with Crippen molar-refractivity contribution in [2.45, 2.75) is 26.9 Å². The summed E-state index contributed by atoms with van der Waals surface area (Å²) in [6.45, 7) is 5.64. The fourth-order valence-corrected chi connectivity index (χ4v) is 4.85. The first kappa shape index (κ1) is 22.8. The molecule has 0 saturated heterocycles. The summed E-state index contributed by atoms with van der Waals surface area (Å²) in [4.78, 5) is 33.8. The van der Waals surface area contributed by atoms with Crippen LogP contribution in [0.5, 0.6) is 11.5 Å². The highest BCUT2D eigenvalue weighted by atomic mass is 16.5. The lowest BCUT2D eigenvalue weighted by molar-refractivity contribution is 0.392. The largest absolute Gasteiger partial charge is 0.497 e. The van der Waals surface area contributed by atoms with Crippen LogP contribution in [0.25, 0.3) is 11.2 Å². The van der Waals surface area contributed by atoms with Crippen LogP contribution < -0.4 is 25.6 Å². The molecule has 0 aliphatic carbocycles. The molecule has 35 heavy (non-hydrogen) atoms. The third kappa shape index (κ3) is 3.77. The van der Waals surface area contributed by atoms with Gasteiger partial charge in [-0.1, -0.05) is 36.8 Å². The Morgan fingerprint density at radius 1 is 1.06 bits per heavy atom. The van der Waals surface area contributed by atoms with E-state index in [-0.39, 0.29) is 23.7 Å². The smallest absolute Gasteiger partial charge is 0.332 e. The van der Waals surface area contributed by atoms with E-state index >= 15 is 0 Å². The second kappa shape index (κ2) is 8.65. The van der Waals surface area contributed by atoms with E-state index in [0.717, 1.165) is 16.8 Å². The highest BCUT2D eigenvalue weighted by Gasteiger charge is 2.31. The number of anilines is 2. The zero-order chi connectivity index (χ0) is 24.9. The third-order valence-electron chi connectivity index (χ3n) is 6.54. The average Bonchev–Trinajstić information content (AvgIpc) is 3.24. The summed E-state index contributed by atoms with van der Waals surface area (Å²) in [5.41, 5.74) is 2.88. The Balaban J connectivity index is 1.71. The second-order valence-electron chi connectivity index (χ2n) is 9.17. The lowest BCUT2D eigenvalue weighted by atomic mass is 10.1. The SMILES string of the molecule is COc1ccc(N2CC(C)Cn3c2nc2c3c(=O)n(Cc3cccc(C)c3)c(=O)n2C)c(OC)c1. The van der Waals surface area contributed by atoms with E-state index in [9.17, 15) is 9.59 Å². The maximum atomic E-state index is 13.7. The molecule has 0 spiro atoms. The Morgan fingerprint density at radius 2 is 1.86 bits per heavy atom. The Kier molecular flexibility index (Phi) is 5.62. The van der Waals surface area contributed by atoms with Crippen LogP contribution in [0.1, 0.15) is 18.1 Å². The number of hydrogen-bond donors (Lipinski definition) is 0. The van der Waals surface area contributed by atoms with Crippen LogP contribution in [-0.2, 0) is 20.1 Å². The number of benzene rings is 2. The van der Waals surface area contributed by atoms with Crippen molar-refractivity contribution < 1.29 is 9.47 Å². The van der Waals surface area contributed by atoms with E-state index in [1.54, 1.807) is 21.3 Å². The molecular formula is C26H29N5O4. The number of methoxy groups -OCH3 is 2. The summed E-state index contributed by atoms with van der Waals surface area (Å²) < 4.78 is 15.7. The molecule has 2 aromatic carbocycles. The molecule has 0 amide bonds. The summed E-state index contributed by atoms with van der Waals surface area (Å²) >= 11 is 0. The first-order valence-electron chi connectivity index (χ1n) is 11.6. The van der Waals surface area contributed by atoms with Gasteiger partial charge in [-0.25, -0.2) is 4.79 Å². The van der Waals surface area contributed by atoms with E-state index < -0.39 is 0 Å². The summed E-state index contributed by atoms with van der Waals surface area (Å²) in [5, 5.41) is 0. The highest BCUT2D eigenvalue weighted by Crippen LogP contribution is 2.39. The lowest BCUT2D eigenvalue weighted by Crippen LogP contribution is -2.40. The zero-order valence-corrected chi connectivity index (χ0v) is 20.6. The number of imidazole rings is 1. The minimum absolute atomic E-state index is 0.204. The molecule has 9 nitrogen and oxygen atoms in total. The quantitative estimate of drug-likeness (QED) is 0.441. The number of fused-ring (bicyclic) bond motifs is 3. The van der Waals surface area contributed by atoms with Crippen molar-refractivity contribution in [1.82, 2.24) is 18.7 Å². The summed E-state index contributed by atoms with van der Waals surface area (Å²) in [5.74, 6) is 2.17. The van der Waals surface area contributed by atoms with E-state index in [4.69, 9.17) is 14.5 Å². The summed E-state index contributed by atoms with van der Waals surface area (Å²) in [6, 6.07) is 13.5. The standard InChI is InChI=1S/C26H29N5O4/c1-16-7-6-8-18(11-16)15-31-24(32)22-23(28(3)26(31)33)27-25-29(13-17(2)14-30(22)25)20-10-9-19(34-4)12-21(20)35-5/h6-12,17H,13-15H2,1-5H3. The molecule has 9 heteroatoms. The van der Waals surface area contributed by atoms with Gasteiger partial charge in [0.1, 0.15) is 11.5 Å². The maximum Gasteiger partial charge on any atom is 0.332 e. The highest BCUT2D eigenvalue weighted by molar-refractivity contribution is 5.78. The van der Waals surface area contributed by atoms with Crippen molar-refractivity contribution in [1.29, 1.82) is 0 Å². The van der Waals surface area contributed by atoms with Gasteiger partial charge in [-0.05, 0) is 30.5 Å². The van der Waals surface area contributed by atoms with Gasteiger partial charge >= 0.3 is 5.69 Å². The predicted octanol–water partition coefficient (Wildman–Crippen LogP) is 3.06. The molecule has 0 bridgehead atoms. The third-order valence-corrected chi connectivity index (χ3v) is 6.54. The fraction of sp³-hybridized carbons (Fsp3) is 0.346. The topological polar surface area (TPSA) is 83.5 Å². The first-order chi connectivity index (χ1) is 16.8. The van der Waals surface area contributed by atoms with Gasteiger partial charge < -0.3 is 18.9 Å². The zero-order valence-electron chi connectivity index (χ0n) is 20.6. The van der Waals surface area contributed by atoms with Crippen molar-refractivity contribution in [2.24, 2.45) is 13.0 Å². The lowest BCUT2D eigenvalue weighted by Gasteiger charge is -2.33. The van der Waals surface area contributed by atoms with Crippen molar-refractivity contribution in [3.05, 3.63) is 74.4 Å². The Labute approximate surface area is 202 Å². The molecule has 3 heterocycles. The minimum atomic E-state index is -0.388. The minimum Gasteiger partial charge on any atom is -0.497 e. The van der Waals surface area contributed by atoms with Crippen molar-refractivity contribution in [3.8, 4) is 11.5 Å². The second-order valence-corrected chi connectivity index (χ2v) is 9.17. The van der Waals surface area contributed by atoms with Gasteiger partial charge in [0.15, 0.2) is 11.2 Å². The molecule has 0 radical (unpaired) electrons. The average molecular weight is 476 g/mol. The molecule has 1 aliphatic heterocycles. The number of ether oxygens (including phenoxy) is 2. The van der Waals surface area contributed by atoms with E-state index in [1.807, 2.05) is 58.9 Å². The van der Waals surface area contributed by atoms with Crippen LogP contribution in [0.15, 0.2) is 52.1 Å². The van der Waals surface area contributed by atoms with Gasteiger partial charge in [0, 0.05) is 26.2 Å². The number of hydrogen-bond acceptors (Lipinski definition) is 6. The van der Waals surface area contributed by atoms with Crippen LogP contribution >= 0.6 is 0 Å². The Bertz CT molecular complexity index is 1550. The summed E-state index contributed by atoms with van der Waals surface area (Å²) in [6.07, 6.45) is 0. The molecule has 0 saturated carbocycles. The number of aromatic nitrogens is 4. The van der Waals surface area contributed by atoms with Gasteiger partial charge in [0.05, 0.1) is 26.5 Å². The fourth-order valence-electron chi connectivity index (χ4n) is 4.85. The first-order valence-corrected chi connectivity index (χ1v) is 11.6. The van der Waals surface area contributed by atoms with Gasteiger partial charge in [0.25, 0.3) is 5.56 Å². The van der Waals surface area contributed by atoms with E-state index in [0.29, 0.717) is 41.7 Å². The van der Waals surface area contributed by atoms with Crippen molar-refractivity contribution in [2.75, 3.05) is 25.7 Å². The molecule has 1 aliphatic rings. The van der Waals surface area contributed by atoms with Crippen LogP contribution in [-0.4, -0.2) is 39.4 Å². The van der Waals surface area contributed by atoms with Crippen LogP contribution in [0.4, 0.5) is 11.6 Å². The number of aryl methyl sites for hydroxylation is 2. The molecule has 4 aromatic rings.